The number of fused-ring (bicyclic) bond motifs is 1. The molecule has 1 heterocycles. The monoisotopic (exact) mass is 390 g/mol. The molecule has 0 aliphatic heterocycles. The van der Waals surface area contributed by atoms with Gasteiger partial charge in [-0.05, 0) is 62.6 Å². The molecule has 0 amide bonds. The number of anilines is 1. The van der Waals surface area contributed by atoms with Gasteiger partial charge in [0.1, 0.15) is 0 Å². The molecule has 0 saturated carbocycles. The molecule has 3 aromatic rings. The molecular weight excluding hydrogens is 380 g/mol. The normalized spacial score (nSPS) is 10.7. The number of hydrogen-bond donors (Lipinski definition) is 1. The lowest BCUT2D eigenvalue weighted by Gasteiger charge is -2.08. The lowest BCUT2D eigenvalue weighted by Crippen LogP contribution is -1.99. The molecular formula is C16H12Br2N2. The largest absolute Gasteiger partial charge is 0.381 e. The van der Waals surface area contributed by atoms with Crippen LogP contribution in [0, 0.1) is 0 Å². The Bertz CT molecular complexity index is 756. The summed E-state index contributed by atoms with van der Waals surface area (Å²) in [4.78, 5) is 4.16. The highest BCUT2D eigenvalue weighted by atomic mass is 79.9. The summed E-state index contributed by atoms with van der Waals surface area (Å²) < 4.78 is 2.10. The Kier molecular flexibility index (Phi) is 4.03. The minimum Gasteiger partial charge on any atom is -0.381 e. The Morgan fingerprint density at radius 1 is 0.850 bits per heavy atom. The van der Waals surface area contributed by atoms with E-state index in [2.05, 4.69) is 84.6 Å². The molecule has 20 heavy (non-hydrogen) atoms. The summed E-state index contributed by atoms with van der Waals surface area (Å²) in [5, 5.41) is 5.88. The molecule has 0 unspecified atom stereocenters. The van der Waals surface area contributed by atoms with Crippen LogP contribution in [-0.2, 0) is 6.54 Å². The number of rotatable bonds is 3. The van der Waals surface area contributed by atoms with E-state index in [1.54, 1.807) is 6.20 Å². The Labute approximate surface area is 134 Å². The van der Waals surface area contributed by atoms with Crippen LogP contribution in [0.25, 0.3) is 10.8 Å². The Hall–Kier alpha value is -1.39. The van der Waals surface area contributed by atoms with Crippen LogP contribution >= 0.6 is 31.9 Å². The van der Waals surface area contributed by atoms with Gasteiger partial charge in [0.05, 0.1) is 0 Å². The van der Waals surface area contributed by atoms with Crippen molar-refractivity contribution in [2.24, 2.45) is 0 Å². The van der Waals surface area contributed by atoms with Gasteiger partial charge in [-0.1, -0.05) is 28.1 Å². The second-order valence-corrected chi connectivity index (χ2v) is 6.40. The third kappa shape index (κ3) is 3.19. The summed E-state index contributed by atoms with van der Waals surface area (Å²) in [6.07, 6.45) is 3.66. The van der Waals surface area contributed by atoms with E-state index < -0.39 is 0 Å². The molecule has 0 spiro atoms. The molecule has 0 atom stereocenters. The molecule has 1 N–H and O–H groups in total. The van der Waals surface area contributed by atoms with Gasteiger partial charge in [0.25, 0.3) is 0 Å². The van der Waals surface area contributed by atoms with E-state index in [1.807, 2.05) is 6.20 Å². The van der Waals surface area contributed by atoms with Gasteiger partial charge in [-0.25, -0.2) is 0 Å². The maximum Gasteiger partial charge on any atom is 0.0416 e. The van der Waals surface area contributed by atoms with E-state index >= 15 is 0 Å². The third-order valence-corrected chi connectivity index (χ3v) is 3.99. The average Bonchev–Trinajstić information content (AvgIpc) is 2.45. The molecule has 0 fully saturated rings. The lowest BCUT2D eigenvalue weighted by atomic mass is 10.1. The zero-order chi connectivity index (χ0) is 13.9. The van der Waals surface area contributed by atoms with Crippen LogP contribution in [0.4, 0.5) is 5.69 Å². The first-order chi connectivity index (χ1) is 9.70. The van der Waals surface area contributed by atoms with Crippen molar-refractivity contribution in [2.45, 2.75) is 6.54 Å². The van der Waals surface area contributed by atoms with Crippen molar-refractivity contribution in [1.29, 1.82) is 0 Å². The third-order valence-electron chi connectivity index (χ3n) is 3.06. The van der Waals surface area contributed by atoms with Crippen LogP contribution in [0.5, 0.6) is 0 Å². The van der Waals surface area contributed by atoms with Crippen molar-refractivity contribution < 1.29 is 0 Å². The molecule has 3 rings (SSSR count). The number of pyridine rings is 1. The van der Waals surface area contributed by atoms with Crippen LogP contribution in [0.15, 0.2) is 63.8 Å². The predicted molar refractivity (Wildman–Crippen MR) is 90.9 cm³/mol. The first-order valence-electron chi connectivity index (χ1n) is 6.23. The van der Waals surface area contributed by atoms with Crippen molar-refractivity contribution in [2.75, 3.05) is 5.32 Å². The highest BCUT2D eigenvalue weighted by molar-refractivity contribution is 9.10. The fourth-order valence-corrected chi connectivity index (χ4v) is 2.87. The molecule has 4 heteroatoms. The molecule has 0 bridgehead atoms. The highest BCUT2D eigenvalue weighted by Gasteiger charge is 1.99. The molecule has 0 radical (unpaired) electrons. The van der Waals surface area contributed by atoms with Gasteiger partial charge in [-0.3, -0.25) is 4.98 Å². The second-order valence-electron chi connectivity index (χ2n) is 4.57. The molecule has 2 aromatic carbocycles. The summed E-state index contributed by atoms with van der Waals surface area (Å²) >= 11 is 6.92. The topological polar surface area (TPSA) is 24.9 Å². The van der Waals surface area contributed by atoms with Crippen molar-refractivity contribution in [1.82, 2.24) is 4.98 Å². The highest BCUT2D eigenvalue weighted by Crippen LogP contribution is 2.23. The van der Waals surface area contributed by atoms with Gasteiger partial charge < -0.3 is 5.32 Å². The SMILES string of the molecule is Brc1cncc(CNc2ccc3cc(Br)ccc3c2)c1. The van der Waals surface area contributed by atoms with Crippen LogP contribution in [0.1, 0.15) is 5.56 Å². The Balaban J connectivity index is 1.79. The molecule has 0 aliphatic carbocycles. The fraction of sp³-hybridized carbons (Fsp3) is 0.0625. The van der Waals surface area contributed by atoms with Gasteiger partial charge >= 0.3 is 0 Å². The van der Waals surface area contributed by atoms with Gasteiger partial charge in [-0.15, -0.1) is 0 Å². The van der Waals surface area contributed by atoms with E-state index in [-0.39, 0.29) is 0 Å². The van der Waals surface area contributed by atoms with Gasteiger partial charge in [0.15, 0.2) is 0 Å². The zero-order valence-corrected chi connectivity index (χ0v) is 13.8. The zero-order valence-electron chi connectivity index (χ0n) is 10.6. The van der Waals surface area contributed by atoms with E-state index in [0.29, 0.717) is 0 Å². The summed E-state index contributed by atoms with van der Waals surface area (Å²) in [5.41, 5.74) is 2.26. The van der Waals surface area contributed by atoms with E-state index in [4.69, 9.17) is 0 Å². The Morgan fingerprint density at radius 3 is 2.50 bits per heavy atom. The van der Waals surface area contributed by atoms with Crippen LogP contribution < -0.4 is 5.32 Å². The number of aromatic nitrogens is 1. The van der Waals surface area contributed by atoms with Gasteiger partial charge in [-0.2, -0.15) is 0 Å². The predicted octanol–water partition coefficient (Wildman–Crippen LogP) is 5.37. The molecule has 1 aromatic heterocycles. The molecule has 2 nitrogen and oxygen atoms in total. The van der Waals surface area contributed by atoms with Crippen LogP contribution in [-0.4, -0.2) is 4.98 Å². The quantitative estimate of drug-likeness (QED) is 0.648. The van der Waals surface area contributed by atoms with E-state index in [1.165, 1.54) is 10.8 Å². The Morgan fingerprint density at radius 2 is 1.65 bits per heavy atom. The fourth-order valence-electron chi connectivity index (χ4n) is 2.08. The minimum absolute atomic E-state index is 0.758. The first kappa shape index (κ1) is 13.6. The standard InChI is InChI=1S/C16H12Br2N2/c17-14-3-1-13-7-16(4-2-12(13)6-14)20-9-11-5-15(18)10-19-8-11/h1-8,10,20H,9H2. The number of halogens is 2. The van der Waals surface area contributed by atoms with Crippen molar-refractivity contribution in [3.8, 4) is 0 Å². The number of nitrogens with zero attached hydrogens (tertiary/aromatic N) is 1. The number of hydrogen-bond acceptors (Lipinski definition) is 2. The summed E-state index contributed by atoms with van der Waals surface area (Å²) in [7, 11) is 0. The van der Waals surface area contributed by atoms with Crippen LogP contribution in [0.3, 0.4) is 0 Å². The summed E-state index contributed by atoms with van der Waals surface area (Å²) in [6, 6.07) is 14.8. The maximum absolute atomic E-state index is 4.16. The summed E-state index contributed by atoms with van der Waals surface area (Å²) in [6.45, 7) is 0.758. The van der Waals surface area contributed by atoms with Gasteiger partial charge in [0.2, 0.25) is 0 Å². The van der Waals surface area contributed by atoms with Crippen molar-refractivity contribution >= 4 is 48.3 Å². The maximum atomic E-state index is 4.16. The van der Waals surface area contributed by atoms with Crippen LogP contribution in [0.2, 0.25) is 0 Å². The smallest absolute Gasteiger partial charge is 0.0416 e. The molecule has 100 valence electrons. The second kappa shape index (κ2) is 5.94. The average molecular weight is 392 g/mol. The van der Waals surface area contributed by atoms with Crippen molar-refractivity contribution in [3.05, 3.63) is 69.4 Å². The number of benzene rings is 2. The minimum atomic E-state index is 0.758. The summed E-state index contributed by atoms with van der Waals surface area (Å²) in [5.74, 6) is 0. The van der Waals surface area contributed by atoms with Gasteiger partial charge in [0, 0.05) is 33.6 Å². The molecule has 0 saturated heterocycles. The van der Waals surface area contributed by atoms with E-state index in [9.17, 15) is 0 Å². The first-order valence-corrected chi connectivity index (χ1v) is 7.82. The number of nitrogens with one attached hydrogen (secondary N) is 1. The van der Waals surface area contributed by atoms with E-state index in [0.717, 1.165) is 26.7 Å². The lowest BCUT2D eigenvalue weighted by molar-refractivity contribution is 1.11. The molecule has 0 aliphatic rings. The van der Waals surface area contributed by atoms with Crippen molar-refractivity contribution in [3.63, 3.8) is 0 Å².